The first-order valence-corrected chi connectivity index (χ1v) is 11.6. The minimum absolute atomic E-state index is 0.164. The number of amides is 2. The van der Waals surface area contributed by atoms with Crippen LogP contribution in [-0.4, -0.2) is 42.1 Å². The van der Waals surface area contributed by atoms with Crippen LogP contribution in [0.25, 0.3) is 0 Å². The van der Waals surface area contributed by atoms with Gasteiger partial charge in [0.1, 0.15) is 6.61 Å². The molecule has 6 nitrogen and oxygen atoms in total. The van der Waals surface area contributed by atoms with E-state index in [4.69, 9.17) is 9.47 Å². The van der Waals surface area contributed by atoms with Crippen molar-refractivity contribution >= 4 is 18.0 Å². The highest BCUT2D eigenvalue weighted by Gasteiger charge is 2.39. The molecule has 2 amide bonds. The quantitative estimate of drug-likeness (QED) is 0.469. The van der Waals surface area contributed by atoms with Crippen LogP contribution in [0, 0.1) is 17.8 Å². The van der Waals surface area contributed by atoms with Crippen LogP contribution in [0.15, 0.2) is 60.7 Å². The fraction of sp³-hybridized carbons (Fsp3) is 0.444. The summed E-state index contributed by atoms with van der Waals surface area (Å²) in [6, 6.07) is 18.5. The van der Waals surface area contributed by atoms with Gasteiger partial charge in [-0.05, 0) is 48.8 Å². The van der Waals surface area contributed by atoms with Crippen LogP contribution < -0.4 is 0 Å². The van der Waals surface area contributed by atoms with Crippen LogP contribution in [0.4, 0.5) is 4.79 Å². The molecule has 0 radical (unpaired) electrons. The Morgan fingerprint density at radius 2 is 1.61 bits per heavy atom. The molecular formula is C27H33NO5. The Bertz CT molecular complexity index is 930. The van der Waals surface area contributed by atoms with Gasteiger partial charge in [0.15, 0.2) is 0 Å². The molecule has 0 saturated carbocycles. The largest absolute Gasteiger partial charge is 0.462 e. The molecule has 2 aromatic carbocycles. The average Bonchev–Trinajstić information content (AvgIpc) is 3.17. The standard InChI is InChI=1S/C27H33NO5/c1-19(14-20(2)17-32-26(30)23-12-8-5-9-13-23)15-21(3)25(29)28-24(18-33-27(28)31)16-22-10-6-4-7-11-22/h4-13,19-21,24H,14-18H2,1-3H3/t19-,20-,21-,24-/m0/s1. The third-order valence-corrected chi connectivity index (χ3v) is 6.00. The van der Waals surface area contributed by atoms with Gasteiger partial charge in [-0.15, -0.1) is 0 Å². The second kappa shape index (κ2) is 11.6. The highest BCUT2D eigenvalue weighted by Crippen LogP contribution is 2.25. The Labute approximate surface area is 195 Å². The fourth-order valence-corrected chi connectivity index (χ4v) is 4.44. The van der Waals surface area contributed by atoms with Crippen molar-refractivity contribution in [2.45, 2.75) is 46.1 Å². The van der Waals surface area contributed by atoms with E-state index in [0.29, 0.717) is 25.0 Å². The molecule has 4 atom stereocenters. The van der Waals surface area contributed by atoms with Gasteiger partial charge in [-0.25, -0.2) is 14.5 Å². The van der Waals surface area contributed by atoms with Gasteiger partial charge in [0.25, 0.3) is 0 Å². The summed E-state index contributed by atoms with van der Waals surface area (Å²) in [6.45, 7) is 6.55. The van der Waals surface area contributed by atoms with Gasteiger partial charge in [0, 0.05) is 5.92 Å². The number of carbonyl (C=O) groups is 3. The number of esters is 1. The van der Waals surface area contributed by atoms with Crippen LogP contribution in [0.3, 0.4) is 0 Å². The molecule has 0 unspecified atom stereocenters. The molecule has 2 aromatic rings. The normalized spacial score (nSPS) is 18.3. The lowest BCUT2D eigenvalue weighted by atomic mass is 9.89. The van der Waals surface area contributed by atoms with E-state index in [0.717, 1.165) is 12.0 Å². The average molecular weight is 452 g/mol. The van der Waals surface area contributed by atoms with E-state index in [1.807, 2.05) is 50.2 Å². The zero-order valence-corrected chi connectivity index (χ0v) is 19.6. The molecule has 0 N–H and O–H groups in total. The number of nitrogens with zero attached hydrogens (tertiary/aromatic N) is 1. The van der Waals surface area contributed by atoms with Crippen molar-refractivity contribution in [3.05, 3.63) is 71.8 Å². The highest BCUT2D eigenvalue weighted by molar-refractivity contribution is 5.94. The summed E-state index contributed by atoms with van der Waals surface area (Å²) >= 11 is 0. The number of hydrogen-bond acceptors (Lipinski definition) is 5. The van der Waals surface area contributed by atoms with Crippen molar-refractivity contribution in [3.8, 4) is 0 Å². The molecule has 1 aliphatic rings. The van der Waals surface area contributed by atoms with E-state index in [1.165, 1.54) is 4.90 Å². The maximum absolute atomic E-state index is 13.1. The molecule has 6 heteroatoms. The van der Waals surface area contributed by atoms with Crippen molar-refractivity contribution in [3.63, 3.8) is 0 Å². The minimum atomic E-state index is -0.554. The molecule has 176 valence electrons. The van der Waals surface area contributed by atoms with E-state index < -0.39 is 6.09 Å². The smallest absolute Gasteiger partial charge is 0.416 e. The number of imide groups is 1. The summed E-state index contributed by atoms with van der Waals surface area (Å²) in [5.41, 5.74) is 1.61. The summed E-state index contributed by atoms with van der Waals surface area (Å²) in [4.78, 5) is 38.8. The van der Waals surface area contributed by atoms with Crippen molar-refractivity contribution in [1.29, 1.82) is 0 Å². The lowest BCUT2D eigenvalue weighted by molar-refractivity contribution is -0.133. The molecule has 1 heterocycles. The first kappa shape index (κ1) is 24.5. The predicted molar refractivity (Wildman–Crippen MR) is 126 cm³/mol. The first-order chi connectivity index (χ1) is 15.8. The van der Waals surface area contributed by atoms with E-state index in [9.17, 15) is 14.4 Å². The van der Waals surface area contributed by atoms with Crippen LogP contribution in [0.2, 0.25) is 0 Å². The van der Waals surface area contributed by atoms with Gasteiger partial charge in [-0.2, -0.15) is 0 Å². The summed E-state index contributed by atoms with van der Waals surface area (Å²) in [5.74, 6) is -0.412. The second-order valence-electron chi connectivity index (χ2n) is 9.18. The number of hydrogen-bond donors (Lipinski definition) is 0. The topological polar surface area (TPSA) is 72.9 Å². The van der Waals surface area contributed by atoms with Gasteiger partial charge in [0.2, 0.25) is 5.91 Å². The summed E-state index contributed by atoms with van der Waals surface area (Å²) in [6.07, 6.45) is 1.50. The zero-order chi connectivity index (χ0) is 23.8. The fourth-order valence-electron chi connectivity index (χ4n) is 4.44. The number of benzene rings is 2. The zero-order valence-electron chi connectivity index (χ0n) is 19.6. The van der Waals surface area contributed by atoms with Crippen molar-refractivity contribution < 1.29 is 23.9 Å². The summed E-state index contributed by atoms with van der Waals surface area (Å²) in [7, 11) is 0. The minimum Gasteiger partial charge on any atom is -0.462 e. The van der Waals surface area contributed by atoms with Gasteiger partial charge >= 0.3 is 12.1 Å². The lowest BCUT2D eigenvalue weighted by Crippen LogP contribution is -2.43. The van der Waals surface area contributed by atoms with Crippen molar-refractivity contribution in [2.75, 3.05) is 13.2 Å². The maximum Gasteiger partial charge on any atom is 0.416 e. The summed E-state index contributed by atoms with van der Waals surface area (Å²) in [5, 5.41) is 0. The van der Waals surface area contributed by atoms with Gasteiger partial charge in [0.05, 0.1) is 18.2 Å². The van der Waals surface area contributed by atoms with Crippen molar-refractivity contribution in [1.82, 2.24) is 4.90 Å². The molecule has 3 rings (SSSR count). The lowest BCUT2D eigenvalue weighted by Gasteiger charge is -2.25. The monoisotopic (exact) mass is 451 g/mol. The van der Waals surface area contributed by atoms with Crippen molar-refractivity contribution in [2.24, 2.45) is 17.8 Å². The molecule has 0 bridgehead atoms. The van der Waals surface area contributed by atoms with Crippen LogP contribution in [0.1, 0.15) is 49.5 Å². The Morgan fingerprint density at radius 1 is 0.970 bits per heavy atom. The first-order valence-electron chi connectivity index (χ1n) is 11.6. The predicted octanol–water partition coefficient (Wildman–Crippen LogP) is 5.12. The van der Waals surface area contributed by atoms with Crippen LogP contribution in [0.5, 0.6) is 0 Å². The van der Waals surface area contributed by atoms with Gasteiger partial charge in [-0.1, -0.05) is 69.3 Å². The Morgan fingerprint density at radius 3 is 2.27 bits per heavy atom. The third-order valence-electron chi connectivity index (χ3n) is 6.00. The Kier molecular flexibility index (Phi) is 8.64. The van der Waals surface area contributed by atoms with E-state index in [2.05, 4.69) is 6.92 Å². The number of cyclic esters (lactones) is 1. The summed E-state index contributed by atoms with van der Waals surface area (Å²) < 4.78 is 10.6. The molecule has 0 aromatic heterocycles. The molecule has 0 aliphatic carbocycles. The highest BCUT2D eigenvalue weighted by atomic mass is 16.6. The number of ether oxygens (including phenoxy) is 2. The number of carbonyl (C=O) groups excluding carboxylic acids is 3. The third kappa shape index (κ3) is 6.91. The maximum atomic E-state index is 13.1. The molecule has 1 saturated heterocycles. The molecule has 33 heavy (non-hydrogen) atoms. The van der Waals surface area contributed by atoms with E-state index in [-0.39, 0.29) is 42.3 Å². The number of rotatable bonds is 10. The molecule has 1 fully saturated rings. The molecule has 1 aliphatic heterocycles. The SMILES string of the molecule is C[C@H](COC(=O)c1ccccc1)C[C@H](C)C[C@H](C)C(=O)N1C(=O)OC[C@@H]1Cc1ccccc1. The van der Waals surface area contributed by atoms with E-state index in [1.54, 1.807) is 24.3 Å². The van der Waals surface area contributed by atoms with Crippen LogP contribution >= 0.6 is 0 Å². The Hall–Kier alpha value is -3.15. The van der Waals surface area contributed by atoms with Gasteiger partial charge < -0.3 is 9.47 Å². The second-order valence-corrected chi connectivity index (χ2v) is 9.18. The molecule has 0 spiro atoms. The molecular weight excluding hydrogens is 418 g/mol. The van der Waals surface area contributed by atoms with Crippen LogP contribution in [-0.2, 0) is 20.7 Å². The van der Waals surface area contributed by atoms with E-state index >= 15 is 0 Å². The van der Waals surface area contributed by atoms with Gasteiger partial charge in [-0.3, -0.25) is 4.79 Å². The Balaban J connectivity index is 1.47.